The number of carbonyl (C=O) groups is 1. The summed E-state index contributed by atoms with van der Waals surface area (Å²) in [5.41, 5.74) is 1.95. The number of piperidine rings is 1. The first kappa shape index (κ1) is 15.5. The zero-order valence-corrected chi connectivity index (χ0v) is 13.6. The highest BCUT2D eigenvalue weighted by Crippen LogP contribution is 2.27. The third-order valence-corrected chi connectivity index (χ3v) is 4.19. The van der Waals surface area contributed by atoms with Crippen LogP contribution >= 0.6 is 0 Å². The summed E-state index contributed by atoms with van der Waals surface area (Å²) in [6.07, 6.45) is 6.00. The van der Waals surface area contributed by atoms with Crippen LogP contribution in [-0.2, 0) is 6.42 Å². The van der Waals surface area contributed by atoms with Crippen LogP contribution in [-0.4, -0.2) is 29.1 Å². The molecule has 2 aromatic heterocycles. The van der Waals surface area contributed by atoms with Crippen LogP contribution in [0.1, 0.15) is 48.0 Å². The molecule has 0 atom stereocenters. The van der Waals surface area contributed by atoms with Crippen molar-refractivity contribution in [3.05, 3.63) is 35.3 Å². The van der Waals surface area contributed by atoms with Crippen molar-refractivity contribution in [2.45, 2.75) is 39.5 Å². The fraction of sp³-hybridized carbons (Fsp3) is 0.471. The number of amides is 1. The van der Waals surface area contributed by atoms with Crippen LogP contribution in [0, 0.1) is 6.92 Å². The first-order valence-electron chi connectivity index (χ1n) is 8.17. The van der Waals surface area contributed by atoms with Gasteiger partial charge in [0.25, 0.3) is 5.91 Å². The number of hydrogen-bond donors (Lipinski definition) is 1. The van der Waals surface area contributed by atoms with Crippen molar-refractivity contribution in [2.24, 2.45) is 0 Å². The summed E-state index contributed by atoms with van der Waals surface area (Å²) in [6, 6.07) is 3.73. The number of aromatic nitrogens is 2. The number of aryl methyl sites for hydroxylation is 2. The number of pyridine rings is 1. The first-order valence-corrected chi connectivity index (χ1v) is 8.17. The van der Waals surface area contributed by atoms with Crippen LogP contribution in [0.15, 0.2) is 22.9 Å². The van der Waals surface area contributed by atoms with Gasteiger partial charge >= 0.3 is 0 Å². The van der Waals surface area contributed by atoms with E-state index >= 15 is 0 Å². The highest BCUT2D eigenvalue weighted by Gasteiger charge is 2.22. The first-order chi connectivity index (χ1) is 11.2. The van der Waals surface area contributed by atoms with E-state index in [1.54, 1.807) is 13.1 Å². The third-order valence-electron chi connectivity index (χ3n) is 4.19. The lowest BCUT2D eigenvalue weighted by Crippen LogP contribution is -2.31. The topological polar surface area (TPSA) is 71.3 Å². The minimum atomic E-state index is -0.188. The molecule has 0 saturated carbocycles. The van der Waals surface area contributed by atoms with Crippen molar-refractivity contribution in [1.29, 1.82) is 0 Å². The number of nitrogens with one attached hydrogen (secondary N) is 1. The molecule has 1 aliphatic rings. The van der Waals surface area contributed by atoms with Gasteiger partial charge in [-0.15, -0.1) is 0 Å². The van der Waals surface area contributed by atoms with Gasteiger partial charge in [0, 0.05) is 19.3 Å². The largest absolute Gasteiger partial charge is 0.361 e. The van der Waals surface area contributed by atoms with Crippen molar-refractivity contribution < 1.29 is 9.32 Å². The van der Waals surface area contributed by atoms with Crippen LogP contribution in [0.4, 0.5) is 11.5 Å². The van der Waals surface area contributed by atoms with E-state index in [1.165, 1.54) is 6.42 Å². The molecule has 1 N–H and O–H groups in total. The van der Waals surface area contributed by atoms with Gasteiger partial charge < -0.3 is 14.7 Å². The molecule has 1 aliphatic heterocycles. The summed E-state index contributed by atoms with van der Waals surface area (Å²) < 4.78 is 5.16. The molecule has 0 spiro atoms. The summed E-state index contributed by atoms with van der Waals surface area (Å²) in [7, 11) is 0. The lowest BCUT2D eigenvalue weighted by Gasteiger charge is -2.29. The number of hydrogen-bond acceptors (Lipinski definition) is 5. The van der Waals surface area contributed by atoms with Gasteiger partial charge in [-0.25, -0.2) is 4.98 Å². The van der Waals surface area contributed by atoms with E-state index in [1.807, 2.05) is 19.1 Å². The molecule has 1 amide bonds. The maximum atomic E-state index is 12.7. The van der Waals surface area contributed by atoms with E-state index in [-0.39, 0.29) is 5.91 Å². The van der Waals surface area contributed by atoms with Crippen molar-refractivity contribution in [3.63, 3.8) is 0 Å². The SMILES string of the molecule is CCc1noc(C)c1C(=O)Nc1cccnc1N1CCCCC1. The second kappa shape index (κ2) is 6.81. The molecule has 0 unspecified atom stereocenters. The van der Waals surface area contributed by atoms with E-state index in [4.69, 9.17) is 4.52 Å². The Morgan fingerprint density at radius 1 is 1.35 bits per heavy atom. The molecule has 0 bridgehead atoms. The molecule has 3 heterocycles. The quantitative estimate of drug-likeness (QED) is 0.938. The molecule has 6 nitrogen and oxygen atoms in total. The maximum absolute atomic E-state index is 12.7. The molecule has 6 heteroatoms. The molecular weight excluding hydrogens is 292 g/mol. The molecule has 2 aromatic rings. The zero-order valence-electron chi connectivity index (χ0n) is 13.6. The summed E-state index contributed by atoms with van der Waals surface area (Å²) in [5, 5.41) is 6.93. The van der Waals surface area contributed by atoms with E-state index in [0.29, 0.717) is 23.4 Å². The summed E-state index contributed by atoms with van der Waals surface area (Å²) in [6.45, 7) is 5.67. The molecule has 122 valence electrons. The second-order valence-corrected chi connectivity index (χ2v) is 5.79. The van der Waals surface area contributed by atoms with Gasteiger partial charge in [0.15, 0.2) is 5.82 Å². The average Bonchev–Trinajstić information content (AvgIpc) is 2.97. The zero-order chi connectivity index (χ0) is 16.2. The van der Waals surface area contributed by atoms with Crippen molar-refractivity contribution in [1.82, 2.24) is 10.1 Å². The van der Waals surface area contributed by atoms with E-state index in [9.17, 15) is 4.79 Å². The Balaban J connectivity index is 1.85. The molecule has 23 heavy (non-hydrogen) atoms. The molecular formula is C17H22N4O2. The van der Waals surface area contributed by atoms with Gasteiger partial charge in [-0.1, -0.05) is 12.1 Å². The number of rotatable bonds is 4. The minimum Gasteiger partial charge on any atom is -0.361 e. The third kappa shape index (κ3) is 3.21. The Bertz CT molecular complexity index is 690. The Labute approximate surface area is 135 Å². The average molecular weight is 314 g/mol. The van der Waals surface area contributed by atoms with Crippen LogP contribution in [0.2, 0.25) is 0 Å². The van der Waals surface area contributed by atoms with Crippen molar-refractivity contribution >= 4 is 17.4 Å². The van der Waals surface area contributed by atoms with E-state index < -0.39 is 0 Å². The standard InChI is InChI=1S/C17H22N4O2/c1-3-13-15(12(2)23-20-13)17(22)19-14-8-7-9-18-16(14)21-10-5-4-6-11-21/h7-9H,3-6,10-11H2,1-2H3,(H,19,22). The normalized spacial score (nSPS) is 14.8. The summed E-state index contributed by atoms with van der Waals surface area (Å²) in [4.78, 5) is 19.4. The molecule has 1 saturated heterocycles. The van der Waals surface area contributed by atoms with Crippen LogP contribution < -0.4 is 10.2 Å². The van der Waals surface area contributed by atoms with Gasteiger partial charge in [0.1, 0.15) is 11.3 Å². The fourth-order valence-corrected chi connectivity index (χ4v) is 2.99. The van der Waals surface area contributed by atoms with Gasteiger partial charge in [0.2, 0.25) is 0 Å². The van der Waals surface area contributed by atoms with E-state index in [2.05, 4.69) is 20.4 Å². The van der Waals surface area contributed by atoms with Crippen LogP contribution in [0.5, 0.6) is 0 Å². The predicted molar refractivity (Wildman–Crippen MR) is 88.9 cm³/mol. The van der Waals surface area contributed by atoms with Gasteiger partial charge in [0.05, 0.1) is 11.4 Å². The maximum Gasteiger partial charge on any atom is 0.261 e. The Morgan fingerprint density at radius 2 is 2.13 bits per heavy atom. The van der Waals surface area contributed by atoms with Gasteiger partial charge in [-0.3, -0.25) is 4.79 Å². The van der Waals surface area contributed by atoms with Crippen molar-refractivity contribution in [3.8, 4) is 0 Å². The van der Waals surface area contributed by atoms with Crippen molar-refractivity contribution in [2.75, 3.05) is 23.3 Å². The van der Waals surface area contributed by atoms with Crippen LogP contribution in [0.25, 0.3) is 0 Å². The highest BCUT2D eigenvalue weighted by atomic mass is 16.5. The Morgan fingerprint density at radius 3 is 2.87 bits per heavy atom. The second-order valence-electron chi connectivity index (χ2n) is 5.79. The summed E-state index contributed by atoms with van der Waals surface area (Å²) in [5.74, 6) is 1.20. The fourth-order valence-electron chi connectivity index (χ4n) is 2.99. The minimum absolute atomic E-state index is 0.188. The Hall–Kier alpha value is -2.37. The Kier molecular flexibility index (Phi) is 4.60. The smallest absolute Gasteiger partial charge is 0.261 e. The number of anilines is 2. The van der Waals surface area contributed by atoms with Gasteiger partial charge in [-0.2, -0.15) is 0 Å². The lowest BCUT2D eigenvalue weighted by molar-refractivity contribution is 0.102. The van der Waals surface area contributed by atoms with Gasteiger partial charge in [-0.05, 0) is 44.7 Å². The number of carbonyl (C=O) groups excluding carboxylic acids is 1. The summed E-state index contributed by atoms with van der Waals surface area (Å²) >= 11 is 0. The lowest BCUT2D eigenvalue weighted by atomic mass is 10.1. The molecule has 1 fully saturated rings. The molecule has 0 aliphatic carbocycles. The number of nitrogens with zero attached hydrogens (tertiary/aromatic N) is 3. The molecule has 0 aromatic carbocycles. The van der Waals surface area contributed by atoms with E-state index in [0.717, 1.165) is 37.4 Å². The molecule has 0 radical (unpaired) electrons. The highest BCUT2D eigenvalue weighted by molar-refractivity contribution is 6.07. The molecule has 3 rings (SSSR count). The van der Waals surface area contributed by atoms with Crippen LogP contribution in [0.3, 0.4) is 0 Å². The monoisotopic (exact) mass is 314 g/mol. The predicted octanol–water partition coefficient (Wildman–Crippen LogP) is 3.18.